The summed E-state index contributed by atoms with van der Waals surface area (Å²) >= 11 is 5.83. The van der Waals surface area contributed by atoms with Crippen molar-refractivity contribution in [1.82, 2.24) is 0 Å². The Morgan fingerprint density at radius 2 is 2.07 bits per heavy atom. The molecule has 15 heavy (non-hydrogen) atoms. The van der Waals surface area contributed by atoms with Gasteiger partial charge in [0.1, 0.15) is 0 Å². The first kappa shape index (κ1) is 11.1. The van der Waals surface area contributed by atoms with Crippen LogP contribution in [0.2, 0.25) is 0 Å². The van der Waals surface area contributed by atoms with E-state index in [1.165, 1.54) is 22.7 Å². The zero-order valence-electron chi connectivity index (χ0n) is 7.31. The summed E-state index contributed by atoms with van der Waals surface area (Å²) in [5.74, 6) is 0. The topological polar surface area (TPSA) is 46.2 Å². The summed E-state index contributed by atoms with van der Waals surface area (Å²) in [7, 11) is -3.44. The molecule has 0 aromatic carbocycles. The highest BCUT2D eigenvalue weighted by Crippen LogP contribution is 2.29. The Morgan fingerprint density at radius 1 is 1.27 bits per heavy atom. The maximum atomic E-state index is 11.9. The molecule has 0 atom stereocenters. The number of anilines is 1. The molecule has 0 saturated carbocycles. The van der Waals surface area contributed by atoms with Crippen molar-refractivity contribution in [2.75, 3.05) is 4.72 Å². The number of hydrogen-bond acceptors (Lipinski definition) is 4. The molecule has 0 aliphatic heterocycles. The van der Waals surface area contributed by atoms with Gasteiger partial charge in [-0.1, -0.05) is 0 Å². The third kappa shape index (κ3) is 2.41. The minimum Gasteiger partial charge on any atom is -0.278 e. The lowest BCUT2D eigenvalue weighted by atomic mass is 10.6. The fourth-order valence-corrected chi connectivity index (χ4v) is 5.05. The first-order chi connectivity index (χ1) is 7.09. The van der Waals surface area contributed by atoms with Gasteiger partial charge in [-0.05, 0) is 38.8 Å². The Bertz CT molecular complexity index is 544. The second-order valence-electron chi connectivity index (χ2n) is 2.67. The van der Waals surface area contributed by atoms with E-state index in [1.54, 1.807) is 22.9 Å². The number of nitrogens with one attached hydrogen (secondary N) is 1. The SMILES string of the molecule is O=S(=O)(Nc1ccsc1)c1sccc1Br. The summed E-state index contributed by atoms with van der Waals surface area (Å²) in [6, 6.07) is 3.44. The molecule has 80 valence electrons. The number of hydrogen-bond donors (Lipinski definition) is 1. The minimum atomic E-state index is -3.44. The van der Waals surface area contributed by atoms with Crippen LogP contribution in [0.15, 0.2) is 37.0 Å². The number of thiophene rings is 2. The van der Waals surface area contributed by atoms with Crippen LogP contribution in [0.4, 0.5) is 5.69 Å². The van der Waals surface area contributed by atoms with Crippen LogP contribution in [0.3, 0.4) is 0 Å². The predicted molar refractivity (Wildman–Crippen MR) is 67.1 cm³/mol. The highest BCUT2D eigenvalue weighted by molar-refractivity contribution is 9.10. The zero-order chi connectivity index (χ0) is 10.9. The van der Waals surface area contributed by atoms with Gasteiger partial charge in [0.05, 0.1) is 5.69 Å². The first-order valence-corrected chi connectivity index (χ1v) is 7.97. The van der Waals surface area contributed by atoms with E-state index in [9.17, 15) is 8.42 Å². The molecule has 2 aromatic heterocycles. The molecule has 0 bridgehead atoms. The van der Waals surface area contributed by atoms with Crippen LogP contribution < -0.4 is 4.72 Å². The summed E-state index contributed by atoms with van der Waals surface area (Å²) in [6.45, 7) is 0. The van der Waals surface area contributed by atoms with Crippen molar-refractivity contribution in [3.8, 4) is 0 Å². The van der Waals surface area contributed by atoms with E-state index < -0.39 is 10.0 Å². The zero-order valence-corrected chi connectivity index (χ0v) is 11.3. The lowest BCUT2D eigenvalue weighted by Crippen LogP contribution is -2.11. The van der Waals surface area contributed by atoms with Gasteiger partial charge in [0.2, 0.25) is 0 Å². The fourth-order valence-electron chi connectivity index (χ4n) is 0.996. The average Bonchev–Trinajstić information content (AvgIpc) is 2.75. The smallest absolute Gasteiger partial charge is 0.272 e. The van der Waals surface area contributed by atoms with Crippen LogP contribution in [-0.4, -0.2) is 8.42 Å². The summed E-state index contributed by atoms with van der Waals surface area (Å²) in [5.41, 5.74) is 0.598. The van der Waals surface area contributed by atoms with Crippen molar-refractivity contribution in [3.63, 3.8) is 0 Å². The third-order valence-electron chi connectivity index (χ3n) is 1.60. The van der Waals surface area contributed by atoms with Crippen LogP contribution in [-0.2, 0) is 10.0 Å². The standard InChI is InChI=1S/C8H6BrNO2S3/c9-7-2-4-14-8(7)15(11,12)10-6-1-3-13-5-6/h1-5,10H. The molecule has 0 aliphatic rings. The number of halogens is 1. The van der Waals surface area contributed by atoms with Crippen molar-refractivity contribution in [1.29, 1.82) is 0 Å². The summed E-state index contributed by atoms with van der Waals surface area (Å²) in [4.78, 5) is 0. The number of sulfonamides is 1. The maximum Gasteiger partial charge on any atom is 0.272 e. The molecular weight excluding hydrogens is 318 g/mol. The lowest BCUT2D eigenvalue weighted by molar-refractivity contribution is 0.603. The van der Waals surface area contributed by atoms with Gasteiger partial charge >= 0.3 is 0 Å². The molecular formula is C8H6BrNO2S3. The molecule has 1 N–H and O–H groups in total. The first-order valence-electron chi connectivity index (χ1n) is 3.87. The van der Waals surface area contributed by atoms with Gasteiger partial charge in [-0.3, -0.25) is 4.72 Å². The quantitative estimate of drug-likeness (QED) is 0.941. The maximum absolute atomic E-state index is 11.9. The van der Waals surface area contributed by atoms with E-state index in [4.69, 9.17) is 0 Å². The van der Waals surface area contributed by atoms with Crippen LogP contribution in [0.25, 0.3) is 0 Å². The highest BCUT2D eigenvalue weighted by atomic mass is 79.9. The highest BCUT2D eigenvalue weighted by Gasteiger charge is 2.19. The molecule has 0 unspecified atom stereocenters. The summed E-state index contributed by atoms with van der Waals surface area (Å²) in [5, 5.41) is 5.30. The van der Waals surface area contributed by atoms with Crippen molar-refractivity contribution in [2.24, 2.45) is 0 Å². The molecule has 0 fully saturated rings. The number of rotatable bonds is 3. The Morgan fingerprint density at radius 3 is 2.60 bits per heavy atom. The molecule has 2 aromatic rings. The van der Waals surface area contributed by atoms with Gasteiger partial charge in [-0.25, -0.2) is 8.42 Å². The van der Waals surface area contributed by atoms with E-state index in [0.29, 0.717) is 14.4 Å². The van der Waals surface area contributed by atoms with E-state index in [1.807, 2.05) is 5.38 Å². The second-order valence-corrected chi connectivity index (χ2v) is 7.10. The monoisotopic (exact) mass is 323 g/mol. The van der Waals surface area contributed by atoms with Crippen LogP contribution in [0.1, 0.15) is 0 Å². The van der Waals surface area contributed by atoms with Crippen LogP contribution in [0, 0.1) is 0 Å². The third-order valence-corrected chi connectivity index (χ3v) is 6.34. The summed E-state index contributed by atoms with van der Waals surface area (Å²) < 4.78 is 27.1. The van der Waals surface area contributed by atoms with Gasteiger partial charge in [0.15, 0.2) is 4.21 Å². The van der Waals surface area contributed by atoms with Crippen LogP contribution in [0.5, 0.6) is 0 Å². The Kier molecular flexibility index (Phi) is 3.15. The minimum absolute atomic E-state index is 0.300. The molecule has 2 heterocycles. The van der Waals surface area contributed by atoms with Crippen LogP contribution >= 0.6 is 38.6 Å². The lowest BCUT2D eigenvalue weighted by Gasteiger charge is -2.03. The molecule has 7 heteroatoms. The molecule has 0 aliphatic carbocycles. The van der Waals surface area contributed by atoms with E-state index >= 15 is 0 Å². The second kappa shape index (κ2) is 4.25. The van der Waals surface area contributed by atoms with E-state index in [0.717, 1.165) is 0 Å². The van der Waals surface area contributed by atoms with Gasteiger partial charge in [-0.2, -0.15) is 11.3 Å². The van der Waals surface area contributed by atoms with E-state index in [2.05, 4.69) is 20.7 Å². The molecule has 0 amide bonds. The van der Waals surface area contributed by atoms with Gasteiger partial charge in [0, 0.05) is 9.85 Å². The average molecular weight is 324 g/mol. The molecule has 0 radical (unpaired) electrons. The molecule has 2 rings (SSSR count). The normalized spacial score (nSPS) is 11.5. The largest absolute Gasteiger partial charge is 0.278 e. The van der Waals surface area contributed by atoms with Crippen molar-refractivity contribution < 1.29 is 8.42 Å². The Hall–Kier alpha value is -0.370. The van der Waals surface area contributed by atoms with Gasteiger partial charge in [0.25, 0.3) is 10.0 Å². The molecule has 0 saturated heterocycles. The van der Waals surface area contributed by atoms with Crippen molar-refractivity contribution in [3.05, 3.63) is 32.7 Å². The van der Waals surface area contributed by atoms with Crippen molar-refractivity contribution in [2.45, 2.75) is 4.21 Å². The van der Waals surface area contributed by atoms with Gasteiger partial charge in [-0.15, -0.1) is 11.3 Å². The van der Waals surface area contributed by atoms with E-state index in [-0.39, 0.29) is 0 Å². The fraction of sp³-hybridized carbons (Fsp3) is 0. The summed E-state index contributed by atoms with van der Waals surface area (Å²) in [6.07, 6.45) is 0. The molecule has 3 nitrogen and oxygen atoms in total. The Labute approximate surface area is 104 Å². The predicted octanol–water partition coefficient (Wildman–Crippen LogP) is 3.37. The van der Waals surface area contributed by atoms with Crippen molar-refractivity contribution >= 4 is 54.3 Å². The molecule has 0 spiro atoms. The van der Waals surface area contributed by atoms with Gasteiger partial charge < -0.3 is 0 Å². The Balaban J connectivity index is 2.33.